The minimum absolute atomic E-state index is 0.267. The van der Waals surface area contributed by atoms with Gasteiger partial charge in [0, 0.05) is 0 Å². The molecule has 1 saturated carbocycles. The van der Waals surface area contributed by atoms with E-state index < -0.39 is 11.2 Å². The lowest BCUT2D eigenvalue weighted by molar-refractivity contribution is -0.117. The first-order valence-electron chi connectivity index (χ1n) is 7.64. The number of benzene rings is 1. The lowest BCUT2D eigenvalue weighted by Gasteiger charge is -2.22. The number of thioether (sulfide) groups is 1. The number of halogens is 1. The number of carbonyl (C=O) groups excluding carboxylic acids is 1. The van der Waals surface area contributed by atoms with Crippen LogP contribution in [0.4, 0.5) is 4.39 Å². The fraction of sp³-hybridized carbons (Fsp3) is 0.467. The fourth-order valence-corrected chi connectivity index (χ4v) is 3.85. The zero-order valence-corrected chi connectivity index (χ0v) is 13.4. The van der Waals surface area contributed by atoms with Crippen LogP contribution < -0.4 is 5.73 Å². The number of nitrogens with zero attached hydrogens (tertiary/aromatic N) is 4. The van der Waals surface area contributed by atoms with Crippen LogP contribution >= 0.6 is 11.8 Å². The Morgan fingerprint density at radius 2 is 1.96 bits per heavy atom. The van der Waals surface area contributed by atoms with Crippen LogP contribution in [0.3, 0.4) is 0 Å². The van der Waals surface area contributed by atoms with E-state index in [1.165, 1.54) is 30.3 Å². The van der Waals surface area contributed by atoms with Gasteiger partial charge in [0.2, 0.25) is 11.1 Å². The smallest absolute Gasteiger partial charge is 0.235 e. The highest BCUT2D eigenvalue weighted by atomic mass is 32.2. The molecule has 1 aromatic carbocycles. The van der Waals surface area contributed by atoms with Crippen molar-refractivity contribution in [3.8, 4) is 0 Å². The average Bonchev–Trinajstić information content (AvgIpc) is 3.02. The van der Waals surface area contributed by atoms with Crippen molar-refractivity contribution < 1.29 is 9.18 Å². The van der Waals surface area contributed by atoms with Crippen LogP contribution in [-0.2, 0) is 4.79 Å². The van der Waals surface area contributed by atoms with E-state index in [1.54, 1.807) is 16.8 Å². The third kappa shape index (κ3) is 3.69. The van der Waals surface area contributed by atoms with Gasteiger partial charge in [-0.15, -0.1) is 5.10 Å². The number of aromatic nitrogens is 4. The lowest BCUT2D eigenvalue weighted by atomic mass is 9.96. The Morgan fingerprint density at radius 3 is 2.61 bits per heavy atom. The van der Waals surface area contributed by atoms with E-state index in [-0.39, 0.29) is 11.9 Å². The SMILES string of the molecule is NC(=O)[C@@H](Sc1nnnn1C1CCCCC1)c1ccc(F)cc1. The summed E-state index contributed by atoms with van der Waals surface area (Å²) in [6, 6.07) is 6.02. The van der Waals surface area contributed by atoms with Gasteiger partial charge in [0.15, 0.2) is 0 Å². The number of nitrogens with two attached hydrogens (primary N) is 1. The van der Waals surface area contributed by atoms with Crippen molar-refractivity contribution in [2.45, 2.75) is 48.6 Å². The van der Waals surface area contributed by atoms with Gasteiger partial charge in [0.1, 0.15) is 11.1 Å². The Kier molecular flexibility index (Phi) is 4.90. The average molecular weight is 335 g/mol. The highest BCUT2D eigenvalue weighted by molar-refractivity contribution is 8.00. The molecule has 8 heteroatoms. The Balaban J connectivity index is 1.82. The molecule has 2 aromatic rings. The molecule has 122 valence electrons. The molecule has 0 saturated heterocycles. The van der Waals surface area contributed by atoms with E-state index in [0.29, 0.717) is 10.7 Å². The third-order valence-electron chi connectivity index (χ3n) is 4.04. The van der Waals surface area contributed by atoms with Crippen LogP contribution in [0.1, 0.15) is 49.0 Å². The van der Waals surface area contributed by atoms with E-state index in [0.717, 1.165) is 25.7 Å². The molecule has 0 unspecified atom stereocenters. The highest BCUT2D eigenvalue weighted by Crippen LogP contribution is 2.36. The summed E-state index contributed by atoms with van der Waals surface area (Å²) in [6.07, 6.45) is 5.63. The molecule has 1 fully saturated rings. The lowest BCUT2D eigenvalue weighted by Crippen LogP contribution is -2.21. The van der Waals surface area contributed by atoms with Gasteiger partial charge in [-0.05, 0) is 41.0 Å². The number of hydrogen-bond acceptors (Lipinski definition) is 5. The quantitative estimate of drug-likeness (QED) is 0.849. The van der Waals surface area contributed by atoms with Gasteiger partial charge in [-0.1, -0.05) is 43.2 Å². The van der Waals surface area contributed by atoms with Gasteiger partial charge in [-0.2, -0.15) is 0 Å². The van der Waals surface area contributed by atoms with Gasteiger partial charge < -0.3 is 5.73 Å². The van der Waals surface area contributed by atoms with E-state index in [2.05, 4.69) is 15.5 Å². The summed E-state index contributed by atoms with van der Waals surface area (Å²) in [5, 5.41) is 11.8. The molecule has 3 rings (SSSR count). The molecule has 2 N–H and O–H groups in total. The summed E-state index contributed by atoms with van der Waals surface area (Å²) < 4.78 is 14.9. The minimum Gasteiger partial charge on any atom is -0.368 e. The van der Waals surface area contributed by atoms with Gasteiger partial charge in [-0.3, -0.25) is 4.79 Å². The maximum atomic E-state index is 13.1. The molecule has 6 nitrogen and oxygen atoms in total. The first-order chi connectivity index (χ1) is 11.1. The van der Waals surface area contributed by atoms with Crippen molar-refractivity contribution >= 4 is 17.7 Å². The summed E-state index contributed by atoms with van der Waals surface area (Å²) in [5.41, 5.74) is 6.16. The van der Waals surface area contributed by atoms with Crippen LogP contribution in [0.5, 0.6) is 0 Å². The van der Waals surface area contributed by atoms with Gasteiger partial charge in [0.05, 0.1) is 6.04 Å². The molecule has 23 heavy (non-hydrogen) atoms. The molecular weight excluding hydrogens is 317 g/mol. The maximum Gasteiger partial charge on any atom is 0.235 e. The Bertz CT molecular complexity index is 669. The monoisotopic (exact) mass is 335 g/mol. The molecule has 1 aliphatic carbocycles. The summed E-state index contributed by atoms with van der Waals surface area (Å²) in [4.78, 5) is 11.8. The number of hydrogen-bond donors (Lipinski definition) is 1. The zero-order chi connectivity index (χ0) is 16.2. The van der Waals surface area contributed by atoms with Crippen molar-refractivity contribution in [2.24, 2.45) is 5.73 Å². The molecular formula is C15H18FN5OS. The van der Waals surface area contributed by atoms with Crippen molar-refractivity contribution in [3.05, 3.63) is 35.6 Å². The summed E-state index contributed by atoms with van der Waals surface area (Å²) in [5.74, 6) is -0.853. The molecule has 1 amide bonds. The van der Waals surface area contributed by atoms with E-state index in [1.807, 2.05) is 0 Å². The van der Waals surface area contributed by atoms with Crippen LogP contribution in [0.25, 0.3) is 0 Å². The van der Waals surface area contributed by atoms with Gasteiger partial charge in [0.25, 0.3) is 0 Å². The third-order valence-corrected chi connectivity index (χ3v) is 5.26. The van der Waals surface area contributed by atoms with E-state index in [9.17, 15) is 9.18 Å². The summed E-state index contributed by atoms with van der Waals surface area (Å²) in [7, 11) is 0. The molecule has 1 atom stereocenters. The van der Waals surface area contributed by atoms with Crippen LogP contribution in [0.15, 0.2) is 29.4 Å². The summed E-state index contributed by atoms with van der Waals surface area (Å²) >= 11 is 1.21. The second-order valence-electron chi connectivity index (χ2n) is 5.65. The highest BCUT2D eigenvalue weighted by Gasteiger charge is 2.26. The molecule has 1 aromatic heterocycles. The second kappa shape index (κ2) is 7.08. The fourth-order valence-electron chi connectivity index (χ4n) is 2.85. The van der Waals surface area contributed by atoms with Gasteiger partial charge >= 0.3 is 0 Å². The van der Waals surface area contributed by atoms with Crippen LogP contribution in [-0.4, -0.2) is 26.1 Å². The largest absolute Gasteiger partial charge is 0.368 e. The molecule has 1 heterocycles. The predicted molar refractivity (Wildman–Crippen MR) is 84.1 cm³/mol. The minimum atomic E-state index is -0.649. The summed E-state index contributed by atoms with van der Waals surface area (Å²) in [6.45, 7) is 0. The van der Waals surface area contributed by atoms with E-state index in [4.69, 9.17) is 5.73 Å². The standard InChI is InChI=1S/C15H18FN5OS/c16-11-8-6-10(7-9-11)13(14(17)22)23-15-18-19-20-21(15)12-4-2-1-3-5-12/h6-9,12-13H,1-5H2,(H2,17,22)/t13-/m0/s1. The predicted octanol–water partition coefficient (Wildman–Crippen LogP) is 2.64. The second-order valence-corrected chi connectivity index (χ2v) is 6.72. The maximum absolute atomic E-state index is 13.1. The number of amides is 1. The number of primary amides is 1. The number of rotatable bonds is 5. The van der Waals surface area contributed by atoms with Crippen molar-refractivity contribution in [1.29, 1.82) is 0 Å². The Hall–Kier alpha value is -1.96. The first-order valence-corrected chi connectivity index (χ1v) is 8.52. The first kappa shape index (κ1) is 15.9. The molecule has 1 aliphatic rings. The van der Waals surface area contributed by atoms with Gasteiger partial charge in [-0.25, -0.2) is 9.07 Å². The Morgan fingerprint density at radius 1 is 1.26 bits per heavy atom. The zero-order valence-electron chi connectivity index (χ0n) is 12.6. The molecule has 0 aliphatic heterocycles. The normalized spacial score (nSPS) is 17.1. The van der Waals surface area contributed by atoms with Crippen molar-refractivity contribution in [1.82, 2.24) is 20.2 Å². The molecule has 0 spiro atoms. The van der Waals surface area contributed by atoms with Crippen molar-refractivity contribution in [3.63, 3.8) is 0 Å². The topological polar surface area (TPSA) is 86.7 Å². The molecule has 0 radical (unpaired) electrons. The Labute approximate surface area is 137 Å². The number of tetrazole rings is 1. The van der Waals surface area contributed by atoms with Crippen molar-refractivity contribution in [2.75, 3.05) is 0 Å². The molecule has 0 bridgehead atoms. The van der Waals surface area contributed by atoms with Crippen LogP contribution in [0.2, 0.25) is 0 Å². The van der Waals surface area contributed by atoms with Crippen LogP contribution in [0, 0.1) is 5.82 Å². The van der Waals surface area contributed by atoms with E-state index >= 15 is 0 Å². The number of carbonyl (C=O) groups is 1.